The third-order valence-electron chi connectivity index (χ3n) is 5.83. The first-order valence-corrected chi connectivity index (χ1v) is 11.8. The van der Waals surface area contributed by atoms with Gasteiger partial charge < -0.3 is 10.7 Å². The quantitative estimate of drug-likeness (QED) is 0.658. The third-order valence-corrected chi connectivity index (χ3v) is 7.55. The maximum atomic E-state index is 11.8. The zero-order valence-electron chi connectivity index (χ0n) is 16.5. The summed E-state index contributed by atoms with van der Waals surface area (Å²) >= 11 is 0. The number of hydrogen-bond donors (Lipinski definition) is 2. The number of carbonyl (C=O) groups is 1. The first-order valence-electron chi connectivity index (χ1n) is 9.95. The van der Waals surface area contributed by atoms with Crippen molar-refractivity contribution >= 4 is 26.6 Å². The predicted octanol–water partition coefficient (Wildman–Crippen LogP) is 3.22. The van der Waals surface area contributed by atoms with Crippen LogP contribution in [-0.2, 0) is 27.5 Å². The number of aromatic amines is 1. The maximum Gasteiger partial charge on any atom is 0.221 e. The van der Waals surface area contributed by atoms with Crippen molar-refractivity contribution in [2.75, 3.05) is 11.5 Å². The lowest BCUT2D eigenvalue weighted by molar-refractivity contribution is -0.117. The largest absolute Gasteiger partial charge is 0.369 e. The second-order valence-corrected chi connectivity index (χ2v) is 10.2. The molecule has 1 fully saturated rings. The Hall–Kier alpha value is -3.11. The fourth-order valence-corrected chi connectivity index (χ4v) is 5.76. The van der Waals surface area contributed by atoms with Gasteiger partial charge in [-0.25, -0.2) is 8.42 Å². The SMILES string of the molecule is N#CCc1ccc(-c2cc(CC(N)=O)c3[nH]cc(C4CCS(=O)(=O)CC4)c3c2)cc1. The van der Waals surface area contributed by atoms with Crippen LogP contribution in [0, 0.1) is 11.3 Å². The molecule has 4 rings (SSSR count). The fourth-order valence-electron chi connectivity index (χ4n) is 4.27. The molecule has 0 spiro atoms. The number of benzene rings is 2. The lowest BCUT2D eigenvalue weighted by Crippen LogP contribution is -2.22. The summed E-state index contributed by atoms with van der Waals surface area (Å²) in [5, 5.41) is 9.88. The summed E-state index contributed by atoms with van der Waals surface area (Å²) in [5.74, 6) is 0.173. The van der Waals surface area contributed by atoms with Crippen LogP contribution in [0.2, 0.25) is 0 Å². The highest BCUT2D eigenvalue weighted by atomic mass is 32.2. The highest BCUT2D eigenvalue weighted by Gasteiger charge is 2.27. The standard InChI is InChI=1S/C23H23N3O3S/c24-8-5-15-1-3-16(4-2-15)18-11-19(13-22(25)27)23-20(12-18)21(14-26-23)17-6-9-30(28,29)10-7-17/h1-4,11-12,14,17,26H,5-7,9-10,13H2,(H2,25,27). The number of aromatic nitrogens is 1. The number of primary amides is 1. The molecule has 1 amide bonds. The van der Waals surface area contributed by atoms with E-state index in [2.05, 4.69) is 17.1 Å². The van der Waals surface area contributed by atoms with Crippen molar-refractivity contribution in [3.63, 3.8) is 0 Å². The summed E-state index contributed by atoms with van der Waals surface area (Å²) in [6, 6.07) is 14.0. The van der Waals surface area contributed by atoms with Crippen molar-refractivity contribution in [1.82, 2.24) is 4.98 Å². The number of nitrogens with one attached hydrogen (secondary N) is 1. The van der Waals surface area contributed by atoms with Gasteiger partial charge in [0, 0.05) is 17.1 Å². The number of nitrogens with two attached hydrogens (primary N) is 1. The molecular weight excluding hydrogens is 398 g/mol. The number of nitriles is 1. The van der Waals surface area contributed by atoms with Gasteiger partial charge in [0.1, 0.15) is 9.84 Å². The highest BCUT2D eigenvalue weighted by Crippen LogP contribution is 2.37. The van der Waals surface area contributed by atoms with Crippen molar-refractivity contribution in [3.8, 4) is 17.2 Å². The van der Waals surface area contributed by atoms with Gasteiger partial charge >= 0.3 is 0 Å². The summed E-state index contributed by atoms with van der Waals surface area (Å²) < 4.78 is 23.7. The molecule has 1 saturated heterocycles. The number of nitrogens with zero attached hydrogens (tertiary/aromatic N) is 1. The molecule has 7 heteroatoms. The van der Waals surface area contributed by atoms with Crippen LogP contribution in [0.25, 0.3) is 22.0 Å². The Morgan fingerprint density at radius 2 is 1.83 bits per heavy atom. The molecule has 2 heterocycles. The van der Waals surface area contributed by atoms with Gasteiger partial charge in [0.15, 0.2) is 0 Å². The monoisotopic (exact) mass is 421 g/mol. The van der Waals surface area contributed by atoms with Gasteiger partial charge in [-0.1, -0.05) is 24.3 Å². The molecule has 3 aromatic rings. The van der Waals surface area contributed by atoms with E-state index in [1.807, 2.05) is 36.5 Å². The minimum atomic E-state index is -2.94. The van der Waals surface area contributed by atoms with E-state index in [4.69, 9.17) is 11.0 Å². The first-order chi connectivity index (χ1) is 14.4. The zero-order valence-corrected chi connectivity index (χ0v) is 17.3. The van der Waals surface area contributed by atoms with Gasteiger partial charge in [0.05, 0.1) is 30.4 Å². The Bertz CT molecular complexity index is 1240. The number of sulfone groups is 1. The Balaban J connectivity index is 1.79. The van der Waals surface area contributed by atoms with Crippen LogP contribution in [0.15, 0.2) is 42.6 Å². The number of amides is 1. The topological polar surface area (TPSA) is 117 Å². The molecule has 0 unspecified atom stereocenters. The smallest absolute Gasteiger partial charge is 0.221 e. The number of fused-ring (bicyclic) bond motifs is 1. The van der Waals surface area contributed by atoms with Crippen LogP contribution in [0.1, 0.15) is 35.4 Å². The van der Waals surface area contributed by atoms with Crippen LogP contribution >= 0.6 is 0 Å². The molecule has 1 aliphatic heterocycles. The second kappa shape index (κ2) is 7.96. The van der Waals surface area contributed by atoms with E-state index in [-0.39, 0.29) is 23.8 Å². The van der Waals surface area contributed by atoms with Crippen molar-refractivity contribution in [2.45, 2.75) is 31.6 Å². The van der Waals surface area contributed by atoms with E-state index < -0.39 is 15.7 Å². The summed E-state index contributed by atoms with van der Waals surface area (Å²) in [6.45, 7) is 0. The summed E-state index contributed by atoms with van der Waals surface area (Å²) in [6.07, 6.45) is 3.63. The molecule has 0 atom stereocenters. The van der Waals surface area contributed by atoms with Crippen LogP contribution < -0.4 is 5.73 Å². The van der Waals surface area contributed by atoms with Gasteiger partial charge in [0.2, 0.25) is 5.91 Å². The van der Waals surface area contributed by atoms with E-state index in [0.29, 0.717) is 19.3 Å². The molecule has 0 radical (unpaired) electrons. The molecule has 1 aromatic heterocycles. The Labute approximate surface area is 175 Å². The van der Waals surface area contributed by atoms with E-state index in [0.717, 1.165) is 38.7 Å². The number of carbonyl (C=O) groups excluding carboxylic acids is 1. The molecule has 154 valence electrons. The summed E-state index contributed by atoms with van der Waals surface area (Å²) in [5.41, 5.74) is 11.2. The maximum absolute atomic E-state index is 11.8. The first kappa shape index (κ1) is 20.2. The molecule has 6 nitrogen and oxygen atoms in total. The van der Waals surface area contributed by atoms with Crippen LogP contribution in [0.4, 0.5) is 0 Å². The minimum Gasteiger partial charge on any atom is -0.369 e. The Kier molecular flexibility index (Phi) is 5.35. The van der Waals surface area contributed by atoms with E-state index in [1.165, 1.54) is 0 Å². The molecule has 0 bridgehead atoms. The lowest BCUT2D eigenvalue weighted by atomic mass is 9.90. The van der Waals surface area contributed by atoms with Gasteiger partial charge in [-0.2, -0.15) is 5.26 Å². The van der Waals surface area contributed by atoms with E-state index >= 15 is 0 Å². The van der Waals surface area contributed by atoms with E-state index in [9.17, 15) is 13.2 Å². The minimum absolute atomic E-state index is 0.121. The summed E-state index contributed by atoms with van der Waals surface area (Å²) in [7, 11) is -2.94. The lowest BCUT2D eigenvalue weighted by Gasteiger charge is -2.21. The molecule has 30 heavy (non-hydrogen) atoms. The number of rotatable bonds is 5. The Morgan fingerprint density at radius 3 is 2.47 bits per heavy atom. The van der Waals surface area contributed by atoms with Crippen LogP contribution in [0.3, 0.4) is 0 Å². The van der Waals surface area contributed by atoms with Crippen molar-refractivity contribution in [2.24, 2.45) is 5.73 Å². The van der Waals surface area contributed by atoms with Gasteiger partial charge in [0.25, 0.3) is 0 Å². The average molecular weight is 422 g/mol. The van der Waals surface area contributed by atoms with Gasteiger partial charge in [-0.15, -0.1) is 0 Å². The molecule has 0 saturated carbocycles. The van der Waals surface area contributed by atoms with Gasteiger partial charge in [-0.05, 0) is 58.7 Å². The zero-order chi connectivity index (χ0) is 21.3. The van der Waals surface area contributed by atoms with Crippen molar-refractivity contribution < 1.29 is 13.2 Å². The summed E-state index contributed by atoms with van der Waals surface area (Å²) in [4.78, 5) is 15.0. The fraction of sp³-hybridized carbons (Fsp3) is 0.304. The average Bonchev–Trinajstić information content (AvgIpc) is 3.13. The number of hydrogen-bond acceptors (Lipinski definition) is 4. The van der Waals surface area contributed by atoms with Gasteiger partial charge in [-0.3, -0.25) is 4.79 Å². The number of H-pyrrole nitrogens is 1. The second-order valence-electron chi connectivity index (χ2n) is 7.90. The van der Waals surface area contributed by atoms with Crippen molar-refractivity contribution in [1.29, 1.82) is 5.26 Å². The van der Waals surface area contributed by atoms with E-state index in [1.54, 1.807) is 0 Å². The molecule has 1 aliphatic rings. The molecule has 0 aliphatic carbocycles. The van der Waals surface area contributed by atoms with Crippen molar-refractivity contribution in [3.05, 3.63) is 59.3 Å². The highest BCUT2D eigenvalue weighted by molar-refractivity contribution is 7.91. The Morgan fingerprint density at radius 1 is 1.13 bits per heavy atom. The molecule has 2 aromatic carbocycles. The van der Waals surface area contributed by atoms with Crippen LogP contribution in [-0.4, -0.2) is 30.8 Å². The normalized spacial score (nSPS) is 16.4. The molecule has 3 N–H and O–H groups in total. The molecular formula is C23H23N3O3S. The van der Waals surface area contributed by atoms with Crippen LogP contribution in [0.5, 0.6) is 0 Å². The predicted molar refractivity (Wildman–Crippen MR) is 117 cm³/mol. The third kappa shape index (κ3) is 4.10.